The number of aliphatic hydroxyl groups excluding tert-OH is 3. The maximum Gasteiger partial charge on any atom is 0.311 e. The molecule has 1 heterocycles. The fraction of sp³-hybridized carbons (Fsp3) is 0.875. The van der Waals surface area contributed by atoms with Gasteiger partial charge in [0.15, 0.2) is 12.4 Å². The second-order valence-electron chi connectivity index (χ2n) is 8.01. The van der Waals surface area contributed by atoms with E-state index in [4.69, 9.17) is 14.2 Å². The number of aliphatic hydroxyl groups is 3. The molecule has 5 atom stereocenters. The third-order valence-electron chi connectivity index (χ3n) is 3.51. The van der Waals surface area contributed by atoms with Gasteiger partial charge in [-0.1, -0.05) is 0 Å². The molecule has 1 aliphatic rings. The third kappa shape index (κ3) is 5.14. The lowest BCUT2D eigenvalue weighted by Gasteiger charge is -2.40. The number of ether oxygens (including phenoxy) is 3. The fourth-order valence-corrected chi connectivity index (χ4v) is 1.86. The number of esters is 2. The van der Waals surface area contributed by atoms with Crippen molar-refractivity contribution in [2.75, 3.05) is 6.61 Å². The minimum Gasteiger partial charge on any atom is -0.462 e. The number of carbonyl (C=O) groups excluding carboxylic acids is 2. The lowest BCUT2D eigenvalue weighted by Crippen LogP contribution is -2.60. The van der Waals surface area contributed by atoms with Crippen molar-refractivity contribution in [3.05, 3.63) is 0 Å². The monoisotopic (exact) mass is 348 g/mol. The molecule has 0 spiro atoms. The van der Waals surface area contributed by atoms with Gasteiger partial charge in [-0.05, 0) is 41.5 Å². The predicted octanol–water partition coefficient (Wildman–Crippen LogP) is -0.0274. The summed E-state index contributed by atoms with van der Waals surface area (Å²) in [4.78, 5) is 23.6. The third-order valence-corrected chi connectivity index (χ3v) is 3.51. The Morgan fingerprint density at radius 3 is 1.88 bits per heavy atom. The molecule has 0 saturated carbocycles. The van der Waals surface area contributed by atoms with Crippen LogP contribution in [-0.2, 0) is 23.8 Å². The highest BCUT2D eigenvalue weighted by Gasteiger charge is 2.47. The Morgan fingerprint density at radius 1 is 0.917 bits per heavy atom. The molecule has 0 aromatic carbocycles. The van der Waals surface area contributed by atoms with Crippen molar-refractivity contribution in [1.29, 1.82) is 0 Å². The minimum atomic E-state index is -1.65. The van der Waals surface area contributed by atoms with Crippen molar-refractivity contribution in [2.45, 2.75) is 72.2 Å². The summed E-state index contributed by atoms with van der Waals surface area (Å²) < 4.78 is 15.2. The van der Waals surface area contributed by atoms with E-state index in [1.807, 2.05) is 0 Å². The first-order valence-electron chi connectivity index (χ1n) is 7.83. The molecule has 0 radical (unpaired) electrons. The van der Waals surface area contributed by atoms with E-state index in [0.717, 1.165) is 0 Å². The number of hydrogen-bond donors (Lipinski definition) is 3. The first-order valence-corrected chi connectivity index (χ1v) is 7.83. The largest absolute Gasteiger partial charge is 0.462 e. The van der Waals surface area contributed by atoms with Crippen LogP contribution in [0, 0.1) is 10.8 Å². The van der Waals surface area contributed by atoms with E-state index in [0.29, 0.717) is 0 Å². The molecular weight excluding hydrogens is 320 g/mol. The summed E-state index contributed by atoms with van der Waals surface area (Å²) >= 11 is 0. The molecule has 8 heteroatoms. The Labute approximate surface area is 141 Å². The van der Waals surface area contributed by atoms with Crippen LogP contribution in [0.3, 0.4) is 0 Å². The summed E-state index contributed by atoms with van der Waals surface area (Å²) in [6.45, 7) is 9.50. The summed E-state index contributed by atoms with van der Waals surface area (Å²) in [5.41, 5.74) is -1.58. The Morgan fingerprint density at radius 2 is 1.42 bits per heavy atom. The molecule has 3 N–H and O–H groups in total. The highest BCUT2D eigenvalue weighted by molar-refractivity contribution is 5.76. The average Bonchev–Trinajstić information content (AvgIpc) is 2.43. The minimum absolute atomic E-state index is 0.342. The molecule has 0 aromatic heterocycles. The predicted molar refractivity (Wildman–Crippen MR) is 82.6 cm³/mol. The molecule has 1 fully saturated rings. The molecule has 1 saturated heterocycles. The van der Waals surface area contributed by atoms with E-state index in [2.05, 4.69) is 0 Å². The Kier molecular flexibility index (Phi) is 6.37. The molecule has 0 aliphatic carbocycles. The summed E-state index contributed by atoms with van der Waals surface area (Å²) in [5.74, 6) is -1.16. The van der Waals surface area contributed by atoms with Crippen LogP contribution in [0.5, 0.6) is 0 Å². The number of carbonyl (C=O) groups is 2. The molecule has 24 heavy (non-hydrogen) atoms. The number of hydrogen-bond acceptors (Lipinski definition) is 8. The zero-order chi connectivity index (χ0) is 18.9. The van der Waals surface area contributed by atoms with Gasteiger partial charge in [-0.15, -0.1) is 0 Å². The van der Waals surface area contributed by atoms with E-state index in [1.54, 1.807) is 41.5 Å². The second kappa shape index (κ2) is 7.35. The van der Waals surface area contributed by atoms with Gasteiger partial charge in [-0.2, -0.15) is 0 Å². The molecule has 0 bridgehead atoms. The van der Waals surface area contributed by atoms with E-state index in [-0.39, 0.29) is 6.61 Å². The maximum absolute atomic E-state index is 11.9. The van der Waals surface area contributed by atoms with Gasteiger partial charge in [0.2, 0.25) is 0 Å². The van der Waals surface area contributed by atoms with Gasteiger partial charge in [0.25, 0.3) is 0 Å². The second-order valence-corrected chi connectivity index (χ2v) is 8.01. The van der Waals surface area contributed by atoms with Gasteiger partial charge in [-0.3, -0.25) is 9.59 Å². The molecule has 0 amide bonds. The quantitative estimate of drug-likeness (QED) is 0.608. The molecule has 8 nitrogen and oxygen atoms in total. The van der Waals surface area contributed by atoms with Crippen LogP contribution in [0.25, 0.3) is 0 Å². The standard InChI is InChI=1S/C16H28O8/c1-15(2,3)13(20)22-7-8-9(17)10(18)11(12(19)23-8)24-14(21)16(4,5)6/h8-12,17-19H,7H2,1-6H3/t8-,9-,10+,11+,12?/m1/s1. The molecule has 1 aliphatic heterocycles. The SMILES string of the molecule is CC(C)(C)C(=O)OC[C@H]1OC(O)[C@@H](OC(=O)C(C)(C)C)[C@@H](O)[C@@H]1O. The first kappa shape index (κ1) is 20.8. The lowest BCUT2D eigenvalue weighted by molar-refractivity contribution is -0.293. The number of rotatable bonds is 3. The Hall–Kier alpha value is -1.22. The van der Waals surface area contributed by atoms with Crippen LogP contribution < -0.4 is 0 Å². The van der Waals surface area contributed by atoms with Crippen LogP contribution in [0.2, 0.25) is 0 Å². The zero-order valence-corrected chi connectivity index (χ0v) is 15.0. The zero-order valence-electron chi connectivity index (χ0n) is 15.0. The van der Waals surface area contributed by atoms with Gasteiger partial charge in [-0.25, -0.2) is 0 Å². The van der Waals surface area contributed by atoms with Crippen molar-refractivity contribution < 1.29 is 39.1 Å². The average molecular weight is 348 g/mol. The van der Waals surface area contributed by atoms with E-state index in [1.165, 1.54) is 0 Å². The van der Waals surface area contributed by atoms with Crippen LogP contribution in [-0.4, -0.2) is 64.6 Å². The van der Waals surface area contributed by atoms with Gasteiger partial charge < -0.3 is 29.5 Å². The fourth-order valence-electron chi connectivity index (χ4n) is 1.86. The highest BCUT2D eigenvalue weighted by atomic mass is 16.7. The maximum atomic E-state index is 11.9. The van der Waals surface area contributed by atoms with Gasteiger partial charge in [0.05, 0.1) is 10.8 Å². The van der Waals surface area contributed by atoms with Crippen LogP contribution in [0.4, 0.5) is 0 Å². The van der Waals surface area contributed by atoms with E-state index >= 15 is 0 Å². The lowest BCUT2D eigenvalue weighted by atomic mass is 9.95. The summed E-state index contributed by atoms with van der Waals surface area (Å²) in [6.07, 6.45) is -7.27. The van der Waals surface area contributed by atoms with Gasteiger partial charge >= 0.3 is 11.9 Å². The molecule has 0 aromatic rings. The smallest absolute Gasteiger partial charge is 0.311 e. The Balaban J connectivity index is 2.70. The first-order chi connectivity index (χ1) is 10.7. The summed E-state index contributed by atoms with van der Waals surface area (Å²) in [7, 11) is 0. The van der Waals surface area contributed by atoms with Crippen molar-refractivity contribution in [2.24, 2.45) is 10.8 Å². The van der Waals surface area contributed by atoms with Crippen LogP contribution in [0.15, 0.2) is 0 Å². The van der Waals surface area contributed by atoms with Crippen molar-refractivity contribution in [3.8, 4) is 0 Å². The normalized spacial score (nSPS) is 31.5. The van der Waals surface area contributed by atoms with Crippen LogP contribution in [0.1, 0.15) is 41.5 Å². The molecule has 140 valence electrons. The van der Waals surface area contributed by atoms with E-state index in [9.17, 15) is 24.9 Å². The van der Waals surface area contributed by atoms with Crippen molar-refractivity contribution >= 4 is 11.9 Å². The molecular formula is C16H28O8. The highest BCUT2D eigenvalue weighted by Crippen LogP contribution is 2.26. The summed E-state index contributed by atoms with van der Waals surface area (Å²) in [5, 5.41) is 30.2. The topological polar surface area (TPSA) is 123 Å². The summed E-state index contributed by atoms with van der Waals surface area (Å²) in [6, 6.07) is 0. The van der Waals surface area contributed by atoms with Gasteiger partial charge in [0.1, 0.15) is 24.9 Å². The van der Waals surface area contributed by atoms with Crippen molar-refractivity contribution in [3.63, 3.8) is 0 Å². The molecule has 1 unspecified atom stereocenters. The van der Waals surface area contributed by atoms with Crippen molar-refractivity contribution in [1.82, 2.24) is 0 Å². The Bertz CT molecular complexity index is 460. The van der Waals surface area contributed by atoms with Crippen LogP contribution >= 0.6 is 0 Å². The molecule has 1 rings (SSSR count). The van der Waals surface area contributed by atoms with E-state index < -0.39 is 53.5 Å². The van der Waals surface area contributed by atoms with Gasteiger partial charge in [0, 0.05) is 0 Å².